The zero-order valence-corrected chi connectivity index (χ0v) is 18.1. The Morgan fingerprint density at radius 2 is 2.06 bits per heavy atom. The van der Waals surface area contributed by atoms with E-state index in [1.165, 1.54) is 25.3 Å². The molecule has 0 aliphatic carbocycles. The minimum absolute atomic E-state index is 0.000296. The largest absolute Gasteiger partial charge is 0.508 e. The fraction of sp³-hybridized carbons (Fsp3) is 0.550. The number of nitrogens with two attached hydrogens (primary N) is 1. The van der Waals surface area contributed by atoms with Gasteiger partial charge in [-0.3, -0.25) is 29.2 Å². The molecule has 2 aliphatic heterocycles. The van der Waals surface area contributed by atoms with Crippen LogP contribution in [0.2, 0.25) is 0 Å². The zero-order valence-electron chi connectivity index (χ0n) is 18.1. The summed E-state index contributed by atoms with van der Waals surface area (Å²) < 4.78 is 29.6. The molecule has 2 heterocycles. The van der Waals surface area contributed by atoms with Crippen LogP contribution in [0.3, 0.4) is 0 Å². The van der Waals surface area contributed by atoms with E-state index >= 15 is 0 Å². The normalized spacial score (nSPS) is 25.2. The van der Waals surface area contributed by atoms with Gasteiger partial charge in [-0.05, 0) is 25.3 Å². The first kappa shape index (κ1) is 25.9. The van der Waals surface area contributed by atoms with Crippen LogP contribution in [0.4, 0.5) is 9.18 Å². The third kappa shape index (κ3) is 7.08. The minimum Gasteiger partial charge on any atom is -0.434 e. The predicted molar refractivity (Wildman–Crippen MR) is 111 cm³/mol. The second-order valence-electron chi connectivity index (χ2n) is 7.33. The molecule has 3 amide bonds. The molecule has 12 nitrogen and oxygen atoms in total. The number of nitrogens with zero attached hydrogens (tertiary/aromatic N) is 3. The summed E-state index contributed by atoms with van der Waals surface area (Å²) in [5, 5.41) is 10.4. The maximum Gasteiger partial charge on any atom is 0.508 e. The summed E-state index contributed by atoms with van der Waals surface area (Å²) in [6, 6.07) is 0. The third-order valence-corrected chi connectivity index (χ3v) is 4.95. The maximum absolute atomic E-state index is 14.7. The van der Waals surface area contributed by atoms with E-state index in [2.05, 4.69) is 4.99 Å². The van der Waals surface area contributed by atoms with Gasteiger partial charge in [-0.2, -0.15) is 0 Å². The van der Waals surface area contributed by atoms with Gasteiger partial charge in [0, 0.05) is 31.9 Å². The molecule has 33 heavy (non-hydrogen) atoms. The first-order valence-electron chi connectivity index (χ1n) is 10.2. The van der Waals surface area contributed by atoms with Crippen LogP contribution >= 0.6 is 0 Å². The van der Waals surface area contributed by atoms with Crippen LogP contribution in [0.1, 0.15) is 19.3 Å². The highest BCUT2D eigenvalue weighted by molar-refractivity contribution is 6.12. The van der Waals surface area contributed by atoms with Crippen LogP contribution in [-0.2, 0) is 28.6 Å². The van der Waals surface area contributed by atoms with Gasteiger partial charge in [-0.15, -0.1) is 0 Å². The fourth-order valence-corrected chi connectivity index (χ4v) is 3.02. The standard InChI is InChI=1S/C20H27FN4O8/c1-23-14(22)7-9-24(13-26)18-17(21)20(30,11-32-18)12-33-19(29)31-10-4-2-3-8-25-15(27)5-6-16(25)28/h5-7,9,13,17-18,30H,2-4,8,10-12H2,1H3,(H2,22,23)/b9-7-/t17-,18?,20?/m1/s1. The molecule has 1 saturated heterocycles. The van der Waals surface area contributed by atoms with Crippen molar-refractivity contribution in [3.8, 4) is 0 Å². The summed E-state index contributed by atoms with van der Waals surface area (Å²) in [4.78, 5) is 51.4. The molecule has 182 valence electrons. The number of carbonyl (C=O) groups excluding carboxylic acids is 4. The van der Waals surface area contributed by atoms with Crippen molar-refractivity contribution >= 4 is 30.2 Å². The Labute approximate surface area is 189 Å². The van der Waals surface area contributed by atoms with Crippen molar-refractivity contribution in [2.75, 3.05) is 33.4 Å². The van der Waals surface area contributed by atoms with E-state index in [1.54, 1.807) is 0 Å². The van der Waals surface area contributed by atoms with Crippen LogP contribution in [0, 0.1) is 0 Å². The molecule has 0 aromatic heterocycles. The molecular weight excluding hydrogens is 443 g/mol. The summed E-state index contributed by atoms with van der Waals surface area (Å²) in [5.74, 6) is -0.617. The Morgan fingerprint density at radius 3 is 2.70 bits per heavy atom. The van der Waals surface area contributed by atoms with E-state index in [1.807, 2.05) is 0 Å². The van der Waals surface area contributed by atoms with Crippen molar-refractivity contribution in [1.29, 1.82) is 0 Å². The molecule has 0 radical (unpaired) electrons. The van der Waals surface area contributed by atoms with Crippen LogP contribution in [0.25, 0.3) is 0 Å². The lowest BCUT2D eigenvalue weighted by Gasteiger charge is -2.26. The van der Waals surface area contributed by atoms with Crippen molar-refractivity contribution < 1.29 is 42.9 Å². The van der Waals surface area contributed by atoms with Gasteiger partial charge in [0.05, 0.1) is 13.2 Å². The minimum atomic E-state index is -2.17. The van der Waals surface area contributed by atoms with E-state index in [-0.39, 0.29) is 30.8 Å². The second kappa shape index (κ2) is 12.1. The van der Waals surface area contributed by atoms with Gasteiger partial charge >= 0.3 is 6.16 Å². The molecule has 0 saturated carbocycles. The molecule has 2 unspecified atom stereocenters. The molecule has 0 spiro atoms. The van der Waals surface area contributed by atoms with Crippen molar-refractivity contribution in [3.05, 3.63) is 24.4 Å². The van der Waals surface area contributed by atoms with Crippen LogP contribution in [0.5, 0.6) is 0 Å². The first-order valence-corrected chi connectivity index (χ1v) is 10.2. The van der Waals surface area contributed by atoms with Gasteiger partial charge < -0.3 is 25.1 Å². The zero-order chi connectivity index (χ0) is 24.4. The van der Waals surface area contributed by atoms with Crippen molar-refractivity contribution in [1.82, 2.24) is 9.80 Å². The molecule has 0 aromatic rings. The number of carbonyl (C=O) groups is 4. The Balaban J connectivity index is 1.68. The Kier molecular flexibility index (Phi) is 9.48. The number of amides is 3. The van der Waals surface area contributed by atoms with Gasteiger partial charge in [-0.25, -0.2) is 9.18 Å². The Bertz CT molecular complexity index is 815. The number of amidine groups is 1. The van der Waals surface area contributed by atoms with E-state index in [0.717, 1.165) is 16.0 Å². The average Bonchev–Trinajstić information content (AvgIpc) is 3.28. The van der Waals surface area contributed by atoms with E-state index in [9.17, 15) is 28.7 Å². The molecule has 13 heteroatoms. The number of hydrogen-bond donors (Lipinski definition) is 2. The molecular formula is C20H27FN4O8. The molecule has 1 fully saturated rings. The average molecular weight is 470 g/mol. The molecule has 3 N–H and O–H groups in total. The highest BCUT2D eigenvalue weighted by atomic mass is 19.1. The number of imide groups is 1. The smallest absolute Gasteiger partial charge is 0.434 e. The third-order valence-electron chi connectivity index (χ3n) is 4.95. The van der Waals surface area contributed by atoms with E-state index in [4.69, 9.17) is 19.9 Å². The molecule has 2 aliphatic rings. The molecule has 0 bridgehead atoms. The lowest BCUT2D eigenvalue weighted by atomic mass is 10.0. The van der Waals surface area contributed by atoms with Crippen molar-refractivity contribution in [3.63, 3.8) is 0 Å². The van der Waals surface area contributed by atoms with Crippen molar-refractivity contribution in [2.45, 2.75) is 37.3 Å². The second-order valence-corrected chi connectivity index (χ2v) is 7.33. The van der Waals surface area contributed by atoms with Gasteiger partial charge in [-0.1, -0.05) is 0 Å². The number of halogens is 1. The summed E-state index contributed by atoms with van der Waals surface area (Å²) in [6.07, 6.45) is 2.06. The summed E-state index contributed by atoms with van der Waals surface area (Å²) in [5.41, 5.74) is 3.31. The van der Waals surface area contributed by atoms with Gasteiger partial charge in [0.25, 0.3) is 11.8 Å². The number of rotatable bonds is 12. The summed E-state index contributed by atoms with van der Waals surface area (Å²) in [6.45, 7) is -0.999. The van der Waals surface area contributed by atoms with Gasteiger partial charge in [0.1, 0.15) is 12.4 Å². The number of alkyl halides is 1. The SMILES string of the molecule is CN=C(N)/C=C\N(C=O)C1OCC(O)(COC(=O)OCCCCCN2C(=O)C=CC2=O)[C@@H]1F. The van der Waals surface area contributed by atoms with Gasteiger partial charge in [0.15, 0.2) is 18.0 Å². The quantitative estimate of drug-likeness (QED) is 0.0967. The van der Waals surface area contributed by atoms with E-state index < -0.39 is 37.4 Å². The number of ether oxygens (including phenoxy) is 3. The number of unbranched alkanes of at least 4 members (excludes halogenated alkanes) is 2. The Morgan fingerprint density at radius 1 is 1.36 bits per heavy atom. The predicted octanol–water partition coefficient (Wildman–Crippen LogP) is -0.380. The Hall–Kier alpha value is -3.32. The first-order chi connectivity index (χ1) is 15.7. The number of aliphatic imine (C=N–C) groups is 1. The maximum atomic E-state index is 14.7. The fourth-order valence-electron chi connectivity index (χ4n) is 3.02. The summed E-state index contributed by atoms with van der Waals surface area (Å²) in [7, 11) is 1.43. The monoisotopic (exact) mass is 470 g/mol. The van der Waals surface area contributed by atoms with Crippen molar-refractivity contribution in [2.24, 2.45) is 10.7 Å². The summed E-state index contributed by atoms with van der Waals surface area (Å²) >= 11 is 0. The van der Waals surface area contributed by atoms with Crippen LogP contribution in [-0.4, -0.2) is 96.5 Å². The van der Waals surface area contributed by atoms with Crippen LogP contribution < -0.4 is 5.73 Å². The number of aliphatic hydroxyl groups is 1. The molecule has 0 aromatic carbocycles. The van der Waals surface area contributed by atoms with E-state index in [0.29, 0.717) is 25.7 Å². The lowest BCUT2D eigenvalue weighted by Crippen LogP contribution is -2.48. The van der Waals surface area contributed by atoms with Crippen LogP contribution in [0.15, 0.2) is 29.4 Å². The lowest BCUT2D eigenvalue weighted by molar-refractivity contribution is -0.136. The highest BCUT2D eigenvalue weighted by Gasteiger charge is 2.52. The highest BCUT2D eigenvalue weighted by Crippen LogP contribution is 2.30. The number of hydrogen-bond acceptors (Lipinski definition) is 9. The molecule has 3 atom stereocenters. The molecule has 2 rings (SSSR count). The topological polar surface area (TPSA) is 161 Å². The van der Waals surface area contributed by atoms with Gasteiger partial charge in [0.2, 0.25) is 6.41 Å².